The molecule has 0 aliphatic heterocycles. The van der Waals surface area contributed by atoms with E-state index in [4.69, 9.17) is 0 Å². The molecule has 0 spiro atoms. The number of nitrogens with one attached hydrogen (secondary N) is 1. The number of carbonyl (C=O) groups excluding carboxylic acids is 1. The Labute approximate surface area is 117 Å². The predicted octanol–water partition coefficient (Wildman–Crippen LogP) is 3.40. The largest absolute Gasteiger partial charge is 0.356 e. The Morgan fingerprint density at radius 1 is 1.21 bits per heavy atom. The van der Waals surface area contributed by atoms with Gasteiger partial charge in [-0.15, -0.1) is 0 Å². The summed E-state index contributed by atoms with van der Waals surface area (Å²) in [7, 11) is 0. The number of hydrogen-bond acceptors (Lipinski definition) is 1. The van der Waals surface area contributed by atoms with Crippen molar-refractivity contribution in [2.75, 3.05) is 6.54 Å². The van der Waals surface area contributed by atoms with E-state index >= 15 is 0 Å². The summed E-state index contributed by atoms with van der Waals surface area (Å²) >= 11 is 0. The maximum atomic E-state index is 12.1. The van der Waals surface area contributed by atoms with Crippen LogP contribution in [0, 0.1) is 31.6 Å². The van der Waals surface area contributed by atoms with Crippen molar-refractivity contribution in [1.29, 1.82) is 0 Å². The van der Waals surface area contributed by atoms with Crippen LogP contribution in [-0.4, -0.2) is 12.5 Å². The van der Waals surface area contributed by atoms with Crippen molar-refractivity contribution in [2.45, 2.75) is 34.1 Å². The number of hydrogen-bond donors (Lipinski definition) is 1. The van der Waals surface area contributed by atoms with Gasteiger partial charge in [0.2, 0.25) is 5.91 Å². The average Bonchev–Trinajstić information content (AvgIpc) is 2.30. The van der Waals surface area contributed by atoms with Crippen molar-refractivity contribution in [3.8, 4) is 0 Å². The second kappa shape index (κ2) is 7.32. The van der Waals surface area contributed by atoms with Crippen molar-refractivity contribution >= 4 is 5.91 Å². The predicted molar refractivity (Wildman–Crippen MR) is 80.7 cm³/mol. The van der Waals surface area contributed by atoms with Gasteiger partial charge in [0, 0.05) is 12.5 Å². The van der Waals surface area contributed by atoms with E-state index in [1.807, 2.05) is 6.92 Å². The number of amides is 1. The van der Waals surface area contributed by atoms with Gasteiger partial charge in [0.05, 0.1) is 0 Å². The molecule has 2 heteroatoms. The zero-order valence-corrected chi connectivity index (χ0v) is 12.6. The summed E-state index contributed by atoms with van der Waals surface area (Å²) in [6, 6.07) is 8.44. The van der Waals surface area contributed by atoms with Crippen molar-refractivity contribution in [2.24, 2.45) is 17.8 Å². The van der Waals surface area contributed by atoms with Crippen molar-refractivity contribution in [3.63, 3.8) is 0 Å². The Hall–Kier alpha value is -1.31. The van der Waals surface area contributed by atoms with Crippen molar-refractivity contribution < 1.29 is 4.79 Å². The Morgan fingerprint density at radius 2 is 1.79 bits per heavy atom. The van der Waals surface area contributed by atoms with Gasteiger partial charge < -0.3 is 5.32 Å². The van der Waals surface area contributed by atoms with Gasteiger partial charge in [-0.3, -0.25) is 4.79 Å². The average molecular weight is 260 g/mol. The van der Waals surface area contributed by atoms with Gasteiger partial charge in [-0.1, -0.05) is 50.6 Å². The van der Waals surface area contributed by atoms with Crippen LogP contribution in [0.2, 0.25) is 0 Å². The lowest BCUT2D eigenvalue weighted by molar-refractivity contribution is -0.127. The van der Waals surface area contributed by atoms with E-state index in [0.29, 0.717) is 12.5 Å². The van der Waals surface area contributed by atoms with Crippen LogP contribution in [0.1, 0.15) is 31.9 Å². The van der Waals surface area contributed by atoms with Crippen molar-refractivity contribution in [3.05, 3.63) is 42.3 Å². The van der Waals surface area contributed by atoms with E-state index < -0.39 is 0 Å². The summed E-state index contributed by atoms with van der Waals surface area (Å²) in [4.78, 5) is 12.1. The van der Waals surface area contributed by atoms with E-state index in [1.54, 1.807) is 0 Å². The lowest BCUT2D eigenvalue weighted by Crippen LogP contribution is -2.37. The molecule has 0 aliphatic rings. The van der Waals surface area contributed by atoms with E-state index in [2.05, 4.69) is 57.3 Å². The van der Waals surface area contributed by atoms with Gasteiger partial charge in [-0.05, 0) is 37.7 Å². The molecule has 0 saturated heterocycles. The molecule has 0 bridgehead atoms. The molecule has 1 N–H and O–H groups in total. The second-order valence-electron chi connectivity index (χ2n) is 5.77. The minimum atomic E-state index is -0.00184. The summed E-state index contributed by atoms with van der Waals surface area (Å²) in [5.74, 6) is 0.592. The number of rotatable bonds is 6. The van der Waals surface area contributed by atoms with Gasteiger partial charge in [0.15, 0.2) is 0 Å². The third-order valence-corrected chi connectivity index (χ3v) is 3.47. The summed E-state index contributed by atoms with van der Waals surface area (Å²) in [5, 5.41) is 3.03. The molecule has 1 rings (SSSR count). The van der Waals surface area contributed by atoms with Gasteiger partial charge in [-0.25, -0.2) is 0 Å². The molecule has 1 aromatic carbocycles. The molecule has 0 aliphatic carbocycles. The topological polar surface area (TPSA) is 29.1 Å². The minimum absolute atomic E-state index is 0.00184. The fourth-order valence-corrected chi connectivity index (χ4v) is 2.42. The molecule has 19 heavy (non-hydrogen) atoms. The first-order chi connectivity index (χ1) is 8.91. The molecule has 105 valence electrons. The molecule has 0 aromatic heterocycles. The van der Waals surface area contributed by atoms with E-state index in [1.165, 1.54) is 11.1 Å². The van der Waals surface area contributed by atoms with Crippen LogP contribution in [0.25, 0.3) is 0 Å². The quantitative estimate of drug-likeness (QED) is 0.834. The van der Waals surface area contributed by atoms with Crippen LogP contribution < -0.4 is 5.32 Å². The van der Waals surface area contributed by atoms with Crippen LogP contribution in [0.4, 0.5) is 0 Å². The first kappa shape index (κ1) is 15.7. The Kier molecular flexibility index (Phi) is 6.07. The zero-order valence-electron chi connectivity index (χ0n) is 12.6. The summed E-state index contributed by atoms with van der Waals surface area (Å²) in [5.41, 5.74) is 2.52. The van der Waals surface area contributed by atoms with Crippen LogP contribution in [0.3, 0.4) is 0 Å². The van der Waals surface area contributed by atoms with E-state index in [0.717, 1.165) is 6.42 Å². The zero-order chi connectivity index (χ0) is 14.4. The fourth-order valence-electron chi connectivity index (χ4n) is 2.42. The maximum absolute atomic E-state index is 12.1. The molecule has 1 amide bonds. The van der Waals surface area contributed by atoms with Crippen LogP contribution in [-0.2, 0) is 11.2 Å². The highest BCUT2D eigenvalue weighted by molar-refractivity contribution is 5.79. The molecular weight excluding hydrogens is 234 g/mol. The normalized spacial score (nSPS) is 11.4. The second-order valence-corrected chi connectivity index (χ2v) is 5.77. The molecule has 0 fully saturated rings. The molecule has 1 radical (unpaired) electrons. The van der Waals surface area contributed by atoms with Gasteiger partial charge >= 0.3 is 0 Å². The molecule has 1 aromatic rings. The minimum Gasteiger partial charge on any atom is -0.356 e. The summed E-state index contributed by atoms with van der Waals surface area (Å²) in [6.07, 6.45) is 0.877. The van der Waals surface area contributed by atoms with E-state index in [-0.39, 0.29) is 17.7 Å². The lowest BCUT2D eigenvalue weighted by atomic mass is 9.85. The SMILES string of the molecule is [CH2]C(C)C(C(=O)NCCc1ccc(C)cc1)C(C)C. The van der Waals surface area contributed by atoms with Crippen LogP contribution in [0.15, 0.2) is 24.3 Å². The Bertz CT molecular complexity index is 384. The molecule has 2 atom stereocenters. The first-order valence-corrected chi connectivity index (χ1v) is 7.08. The highest BCUT2D eigenvalue weighted by atomic mass is 16.1. The standard InChI is InChI=1S/C17H26NO/c1-12(2)16(13(3)4)17(19)18-11-10-15-8-6-14(5)7-9-15/h6-9,12-13,16H,1,10-11H2,2-5H3,(H,18,19). The van der Waals surface area contributed by atoms with Gasteiger partial charge in [0.25, 0.3) is 0 Å². The Balaban J connectivity index is 2.43. The molecule has 2 unspecified atom stereocenters. The summed E-state index contributed by atoms with van der Waals surface area (Å²) < 4.78 is 0. The van der Waals surface area contributed by atoms with Gasteiger partial charge in [-0.2, -0.15) is 0 Å². The first-order valence-electron chi connectivity index (χ1n) is 7.08. The number of aryl methyl sites for hydroxylation is 1. The monoisotopic (exact) mass is 260 g/mol. The fraction of sp³-hybridized carbons (Fsp3) is 0.529. The maximum Gasteiger partial charge on any atom is 0.223 e. The number of benzene rings is 1. The molecular formula is C17H26NO. The lowest BCUT2D eigenvalue weighted by Gasteiger charge is -2.23. The highest BCUT2D eigenvalue weighted by Crippen LogP contribution is 2.20. The third kappa shape index (κ3) is 5.06. The molecule has 2 nitrogen and oxygen atoms in total. The Morgan fingerprint density at radius 3 is 2.26 bits per heavy atom. The smallest absolute Gasteiger partial charge is 0.223 e. The summed E-state index contributed by atoms with van der Waals surface area (Å²) in [6.45, 7) is 12.9. The van der Waals surface area contributed by atoms with E-state index in [9.17, 15) is 4.79 Å². The van der Waals surface area contributed by atoms with Crippen molar-refractivity contribution in [1.82, 2.24) is 5.32 Å². The van der Waals surface area contributed by atoms with Gasteiger partial charge in [0.1, 0.15) is 0 Å². The van der Waals surface area contributed by atoms with Crippen LogP contribution in [0.5, 0.6) is 0 Å². The van der Waals surface area contributed by atoms with Crippen LogP contribution >= 0.6 is 0 Å². The highest BCUT2D eigenvalue weighted by Gasteiger charge is 2.24. The third-order valence-electron chi connectivity index (χ3n) is 3.47. The molecule has 0 saturated carbocycles. The number of carbonyl (C=O) groups is 1. The molecule has 0 heterocycles.